The minimum atomic E-state index is -0.138. The molecule has 1 aliphatic rings. The van der Waals surface area contributed by atoms with Crippen molar-refractivity contribution < 1.29 is 4.39 Å². The first-order valence-corrected chi connectivity index (χ1v) is 7.74. The van der Waals surface area contributed by atoms with Gasteiger partial charge in [0.25, 0.3) is 0 Å². The van der Waals surface area contributed by atoms with Gasteiger partial charge in [-0.2, -0.15) is 0 Å². The van der Waals surface area contributed by atoms with Gasteiger partial charge in [0.1, 0.15) is 5.82 Å². The first kappa shape index (κ1) is 14.6. The zero-order valence-electron chi connectivity index (χ0n) is 11.8. The Hall–Kier alpha value is -0.760. The molecule has 0 aliphatic carbocycles. The van der Waals surface area contributed by atoms with Gasteiger partial charge in [0, 0.05) is 19.0 Å². The third-order valence-corrected chi connectivity index (χ3v) is 4.53. The second kappa shape index (κ2) is 6.60. The van der Waals surface area contributed by atoms with Crippen LogP contribution in [0.4, 0.5) is 10.1 Å². The monoisotopic (exact) mass is 283 g/mol. The molecule has 1 aliphatic heterocycles. The van der Waals surface area contributed by atoms with Crippen LogP contribution in [-0.4, -0.2) is 13.1 Å². The summed E-state index contributed by atoms with van der Waals surface area (Å²) in [6.07, 6.45) is 3.57. The molecule has 0 radical (unpaired) electrons. The molecule has 1 saturated heterocycles. The van der Waals surface area contributed by atoms with E-state index < -0.39 is 0 Å². The highest BCUT2D eigenvalue weighted by Crippen LogP contribution is 2.29. The summed E-state index contributed by atoms with van der Waals surface area (Å²) in [6.45, 7) is 6.49. The molecule has 3 heteroatoms. The standard InChI is InChI=1S/C16H23ClFN/c1-12(2)14-4-3-8-19(9-7-14)16-6-5-13(11-17)10-15(16)18/h5-6,10,12,14H,3-4,7-9,11H2,1-2H3. The number of nitrogens with zero attached hydrogens (tertiary/aromatic N) is 1. The van der Waals surface area contributed by atoms with Crippen molar-refractivity contribution >= 4 is 17.3 Å². The van der Waals surface area contributed by atoms with E-state index in [-0.39, 0.29) is 5.82 Å². The molecule has 0 spiro atoms. The Kier molecular flexibility index (Phi) is 5.09. The van der Waals surface area contributed by atoms with E-state index in [1.54, 1.807) is 6.07 Å². The van der Waals surface area contributed by atoms with Crippen LogP contribution in [0.5, 0.6) is 0 Å². The molecule has 1 nitrogen and oxygen atoms in total. The van der Waals surface area contributed by atoms with Crippen molar-refractivity contribution in [2.24, 2.45) is 11.8 Å². The summed E-state index contributed by atoms with van der Waals surface area (Å²) in [5, 5.41) is 0. The summed E-state index contributed by atoms with van der Waals surface area (Å²) >= 11 is 5.74. The predicted octanol–water partition coefficient (Wildman–Crippen LogP) is 4.83. The van der Waals surface area contributed by atoms with E-state index in [2.05, 4.69) is 18.7 Å². The Balaban J connectivity index is 2.10. The summed E-state index contributed by atoms with van der Waals surface area (Å²) in [7, 11) is 0. The zero-order valence-corrected chi connectivity index (χ0v) is 12.6. The van der Waals surface area contributed by atoms with Crippen LogP contribution in [0.1, 0.15) is 38.7 Å². The van der Waals surface area contributed by atoms with Crippen molar-refractivity contribution in [1.82, 2.24) is 0 Å². The SMILES string of the molecule is CC(C)C1CCCN(c2ccc(CCl)cc2F)CC1. The van der Waals surface area contributed by atoms with E-state index in [1.165, 1.54) is 6.42 Å². The van der Waals surface area contributed by atoms with Gasteiger partial charge >= 0.3 is 0 Å². The molecule has 2 rings (SSSR count). The molecule has 106 valence electrons. The maximum atomic E-state index is 14.1. The predicted molar refractivity (Wildman–Crippen MR) is 80.3 cm³/mol. The van der Waals surface area contributed by atoms with Crippen LogP contribution < -0.4 is 4.90 Å². The average molecular weight is 284 g/mol. The Morgan fingerprint density at radius 1 is 1.32 bits per heavy atom. The van der Waals surface area contributed by atoms with E-state index in [1.807, 2.05) is 12.1 Å². The van der Waals surface area contributed by atoms with Crippen molar-refractivity contribution in [3.05, 3.63) is 29.6 Å². The highest BCUT2D eigenvalue weighted by Gasteiger charge is 2.21. The van der Waals surface area contributed by atoms with Gasteiger partial charge in [-0.3, -0.25) is 0 Å². The zero-order chi connectivity index (χ0) is 13.8. The molecule has 1 aromatic carbocycles. The molecule has 0 aromatic heterocycles. The van der Waals surface area contributed by atoms with Crippen molar-refractivity contribution in [2.75, 3.05) is 18.0 Å². The molecule has 0 bridgehead atoms. The molecule has 1 aromatic rings. The number of alkyl halides is 1. The molecule has 0 N–H and O–H groups in total. The minimum Gasteiger partial charge on any atom is -0.369 e. The van der Waals surface area contributed by atoms with Gasteiger partial charge in [0.2, 0.25) is 0 Å². The number of anilines is 1. The lowest BCUT2D eigenvalue weighted by Gasteiger charge is -2.24. The highest BCUT2D eigenvalue weighted by atomic mass is 35.5. The van der Waals surface area contributed by atoms with Crippen LogP contribution in [-0.2, 0) is 5.88 Å². The minimum absolute atomic E-state index is 0.138. The van der Waals surface area contributed by atoms with Crippen molar-refractivity contribution in [1.29, 1.82) is 0 Å². The van der Waals surface area contributed by atoms with Crippen molar-refractivity contribution in [3.63, 3.8) is 0 Å². The number of halogens is 2. The molecule has 1 fully saturated rings. The number of hydrogen-bond acceptors (Lipinski definition) is 1. The van der Waals surface area contributed by atoms with Crippen LogP contribution in [0.3, 0.4) is 0 Å². The molecule has 19 heavy (non-hydrogen) atoms. The summed E-state index contributed by atoms with van der Waals surface area (Å²) in [6, 6.07) is 5.37. The van der Waals surface area contributed by atoms with Crippen LogP contribution >= 0.6 is 11.6 Å². The Bertz CT molecular complexity index is 419. The van der Waals surface area contributed by atoms with E-state index in [0.717, 1.165) is 49.0 Å². The van der Waals surface area contributed by atoms with E-state index >= 15 is 0 Å². The number of benzene rings is 1. The van der Waals surface area contributed by atoms with Gasteiger partial charge < -0.3 is 4.90 Å². The Morgan fingerprint density at radius 3 is 2.74 bits per heavy atom. The van der Waals surface area contributed by atoms with Gasteiger partial charge in [-0.1, -0.05) is 19.9 Å². The fourth-order valence-corrected chi connectivity index (χ4v) is 3.09. The number of hydrogen-bond donors (Lipinski definition) is 0. The lowest BCUT2D eigenvalue weighted by atomic mass is 9.89. The first-order chi connectivity index (χ1) is 9.11. The molecule has 0 amide bonds. The van der Waals surface area contributed by atoms with Crippen LogP contribution in [0.25, 0.3) is 0 Å². The van der Waals surface area contributed by atoms with Crippen molar-refractivity contribution in [3.8, 4) is 0 Å². The van der Waals surface area contributed by atoms with Crippen LogP contribution in [0, 0.1) is 17.7 Å². The lowest BCUT2D eigenvalue weighted by Crippen LogP contribution is -2.25. The quantitative estimate of drug-likeness (QED) is 0.719. The lowest BCUT2D eigenvalue weighted by molar-refractivity contribution is 0.351. The van der Waals surface area contributed by atoms with E-state index in [4.69, 9.17) is 11.6 Å². The summed E-state index contributed by atoms with van der Waals surface area (Å²) in [5.74, 6) is 1.73. The number of rotatable bonds is 3. The molecular formula is C16H23ClFN. The van der Waals surface area contributed by atoms with E-state index in [0.29, 0.717) is 5.88 Å². The van der Waals surface area contributed by atoms with Gasteiger partial charge in [-0.15, -0.1) is 11.6 Å². The summed E-state index contributed by atoms with van der Waals surface area (Å²) in [5.41, 5.74) is 1.58. The highest BCUT2D eigenvalue weighted by molar-refractivity contribution is 6.17. The fraction of sp³-hybridized carbons (Fsp3) is 0.625. The molecule has 1 unspecified atom stereocenters. The Labute approximate surface area is 120 Å². The largest absolute Gasteiger partial charge is 0.369 e. The normalized spacial score (nSPS) is 20.7. The van der Waals surface area contributed by atoms with Crippen LogP contribution in [0.15, 0.2) is 18.2 Å². The van der Waals surface area contributed by atoms with Crippen molar-refractivity contribution in [2.45, 2.75) is 39.0 Å². The smallest absolute Gasteiger partial charge is 0.146 e. The third-order valence-electron chi connectivity index (χ3n) is 4.22. The van der Waals surface area contributed by atoms with Crippen LogP contribution in [0.2, 0.25) is 0 Å². The topological polar surface area (TPSA) is 3.24 Å². The van der Waals surface area contributed by atoms with Gasteiger partial charge in [-0.25, -0.2) is 4.39 Å². The Morgan fingerprint density at radius 2 is 2.11 bits per heavy atom. The molecule has 1 heterocycles. The first-order valence-electron chi connectivity index (χ1n) is 7.21. The van der Waals surface area contributed by atoms with Gasteiger partial charge in [-0.05, 0) is 48.8 Å². The fourth-order valence-electron chi connectivity index (χ4n) is 2.92. The molecule has 0 saturated carbocycles. The van der Waals surface area contributed by atoms with Gasteiger partial charge in [0.05, 0.1) is 5.69 Å². The molecule has 1 atom stereocenters. The van der Waals surface area contributed by atoms with E-state index in [9.17, 15) is 4.39 Å². The van der Waals surface area contributed by atoms with Gasteiger partial charge in [0.15, 0.2) is 0 Å². The third kappa shape index (κ3) is 3.62. The summed E-state index contributed by atoms with van der Waals surface area (Å²) < 4.78 is 14.1. The second-order valence-electron chi connectivity index (χ2n) is 5.84. The molecular weight excluding hydrogens is 261 g/mol. The summed E-state index contributed by atoms with van der Waals surface area (Å²) in [4.78, 5) is 2.19. The average Bonchev–Trinajstić information content (AvgIpc) is 2.64. The second-order valence-corrected chi connectivity index (χ2v) is 6.11. The maximum Gasteiger partial charge on any atom is 0.146 e. The maximum absolute atomic E-state index is 14.1.